The molecular formula is C11H20N2O3. The minimum Gasteiger partial charge on any atom is -0.468 e. The van der Waals surface area contributed by atoms with E-state index in [1.807, 2.05) is 6.92 Å². The lowest BCUT2D eigenvalue weighted by Crippen LogP contribution is -2.54. The summed E-state index contributed by atoms with van der Waals surface area (Å²) < 4.78 is 4.55. The Labute approximate surface area is 96.1 Å². The molecule has 0 saturated carbocycles. The highest BCUT2D eigenvalue weighted by atomic mass is 16.5. The summed E-state index contributed by atoms with van der Waals surface area (Å²) in [5.41, 5.74) is -0.469. The Bertz CT molecular complexity index is 272. The Morgan fingerprint density at radius 3 is 2.62 bits per heavy atom. The Morgan fingerprint density at radius 2 is 2.19 bits per heavy atom. The van der Waals surface area contributed by atoms with Gasteiger partial charge in [-0.3, -0.25) is 9.59 Å². The highest BCUT2D eigenvalue weighted by Crippen LogP contribution is 2.24. The SMILES string of the molecule is CCC1(C(=O)N(C)CC(=O)OC)CCCN1. The predicted octanol–water partition coefficient (Wildman–Crippen LogP) is 0.150. The van der Waals surface area contributed by atoms with Crippen LogP contribution in [0.4, 0.5) is 0 Å². The average molecular weight is 228 g/mol. The summed E-state index contributed by atoms with van der Waals surface area (Å²) in [7, 11) is 2.96. The number of nitrogens with one attached hydrogen (secondary N) is 1. The van der Waals surface area contributed by atoms with Crippen LogP contribution < -0.4 is 5.32 Å². The van der Waals surface area contributed by atoms with Crippen LogP contribution in [-0.4, -0.2) is 49.6 Å². The van der Waals surface area contributed by atoms with Crippen LogP contribution >= 0.6 is 0 Å². The van der Waals surface area contributed by atoms with Crippen LogP contribution in [0.25, 0.3) is 0 Å². The fourth-order valence-corrected chi connectivity index (χ4v) is 2.14. The molecule has 1 N–H and O–H groups in total. The van der Waals surface area contributed by atoms with Crippen LogP contribution in [0.3, 0.4) is 0 Å². The molecule has 1 atom stereocenters. The van der Waals surface area contributed by atoms with Crippen LogP contribution in [0.1, 0.15) is 26.2 Å². The third-order valence-electron chi connectivity index (χ3n) is 3.20. The van der Waals surface area contributed by atoms with Gasteiger partial charge in [0.25, 0.3) is 0 Å². The molecule has 5 nitrogen and oxygen atoms in total. The van der Waals surface area contributed by atoms with Gasteiger partial charge in [-0.15, -0.1) is 0 Å². The molecule has 16 heavy (non-hydrogen) atoms. The molecule has 0 spiro atoms. The van der Waals surface area contributed by atoms with Gasteiger partial charge in [-0.1, -0.05) is 6.92 Å². The van der Waals surface area contributed by atoms with Crippen molar-refractivity contribution in [1.82, 2.24) is 10.2 Å². The number of nitrogens with zero attached hydrogens (tertiary/aromatic N) is 1. The predicted molar refractivity (Wildman–Crippen MR) is 59.9 cm³/mol. The normalized spacial score (nSPS) is 24.2. The molecule has 92 valence electrons. The number of carbonyl (C=O) groups is 2. The topological polar surface area (TPSA) is 58.6 Å². The molecule has 1 aliphatic rings. The Kier molecular flexibility index (Phi) is 4.29. The largest absolute Gasteiger partial charge is 0.468 e. The van der Waals surface area contributed by atoms with Crippen molar-refractivity contribution in [2.75, 3.05) is 27.2 Å². The molecule has 0 radical (unpaired) electrons. The zero-order valence-corrected chi connectivity index (χ0v) is 10.2. The quantitative estimate of drug-likeness (QED) is 0.696. The van der Waals surface area contributed by atoms with E-state index >= 15 is 0 Å². The van der Waals surface area contributed by atoms with E-state index in [4.69, 9.17) is 0 Å². The summed E-state index contributed by atoms with van der Waals surface area (Å²) in [5.74, 6) is -0.405. The third-order valence-corrected chi connectivity index (χ3v) is 3.20. The Hall–Kier alpha value is -1.10. The minimum absolute atomic E-state index is 0.0127. The van der Waals surface area contributed by atoms with E-state index in [2.05, 4.69) is 10.1 Å². The van der Waals surface area contributed by atoms with E-state index in [9.17, 15) is 9.59 Å². The van der Waals surface area contributed by atoms with Crippen LogP contribution in [0.15, 0.2) is 0 Å². The monoisotopic (exact) mass is 228 g/mol. The molecule has 1 amide bonds. The van der Waals surface area contributed by atoms with Crippen molar-refractivity contribution in [3.8, 4) is 0 Å². The van der Waals surface area contributed by atoms with Gasteiger partial charge in [0.2, 0.25) is 5.91 Å². The Morgan fingerprint density at radius 1 is 1.50 bits per heavy atom. The van der Waals surface area contributed by atoms with Crippen molar-refractivity contribution < 1.29 is 14.3 Å². The Balaban J connectivity index is 2.64. The summed E-state index contributed by atoms with van der Waals surface area (Å²) in [5, 5.41) is 3.25. The van der Waals surface area contributed by atoms with E-state index in [-0.39, 0.29) is 18.4 Å². The number of rotatable bonds is 4. The minimum atomic E-state index is -0.469. The lowest BCUT2D eigenvalue weighted by molar-refractivity contribution is -0.148. The standard InChI is InChI=1S/C11H20N2O3/c1-4-11(6-5-7-12-11)10(15)13(2)8-9(14)16-3/h12H,4-8H2,1-3H3. The number of carbonyl (C=O) groups excluding carboxylic acids is 2. The maximum atomic E-state index is 12.2. The summed E-state index contributed by atoms with van der Waals surface area (Å²) in [6.07, 6.45) is 2.59. The maximum Gasteiger partial charge on any atom is 0.325 e. The van der Waals surface area contributed by atoms with Gasteiger partial charge in [-0.05, 0) is 25.8 Å². The first-order chi connectivity index (χ1) is 7.55. The molecule has 1 fully saturated rings. The van der Waals surface area contributed by atoms with Crippen molar-refractivity contribution in [1.29, 1.82) is 0 Å². The lowest BCUT2D eigenvalue weighted by Gasteiger charge is -2.31. The van der Waals surface area contributed by atoms with E-state index in [1.54, 1.807) is 7.05 Å². The van der Waals surface area contributed by atoms with Crippen molar-refractivity contribution in [2.45, 2.75) is 31.7 Å². The molecule has 5 heteroatoms. The van der Waals surface area contributed by atoms with Crippen LogP contribution in [0.5, 0.6) is 0 Å². The first-order valence-electron chi connectivity index (χ1n) is 5.63. The molecule has 1 heterocycles. The number of amides is 1. The third kappa shape index (κ3) is 2.52. The van der Waals surface area contributed by atoms with Crippen molar-refractivity contribution >= 4 is 11.9 Å². The fourth-order valence-electron chi connectivity index (χ4n) is 2.14. The fraction of sp³-hybridized carbons (Fsp3) is 0.818. The van der Waals surface area contributed by atoms with E-state index < -0.39 is 5.54 Å². The van der Waals surface area contributed by atoms with Crippen LogP contribution in [0.2, 0.25) is 0 Å². The summed E-state index contributed by atoms with van der Waals surface area (Å²) in [6, 6.07) is 0. The smallest absolute Gasteiger partial charge is 0.325 e. The van der Waals surface area contributed by atoms with Gasteiger partial charge in [-0.2, -0.15) is 0 Å². The van der Waals surface area contributed by atoms with E-state index in [0.29, 0.717) is 0 Å². The first kappa shape index (κ1) is 13.0. The number of ether oxygens (including phenoxy) is 1. The number of hydrogen-bond donors (Lipinski definition) is 1. The highest BCUT2D eigenvalue weighted by Gasteiger charge is 2.41. The summed E-state index contributed by atoms with van der Waals surface area (Å²) in [4.78, 5) is 24.7. The molecular weight excluding hydrogens is 208 g/mol. The molecule has 0 aliphatic carbocycles. The molecule has 1 aliphatic heterocycles. The van der Waals surface area contributed by atoms with Gasteiger partial charge in [0.1, 0.15) is 6.54 Å². The van der Waals surface area contributed by atoms with Gasteiger partial charge in [0, 0.05) is 7.05 Å². The second-order valence-corrected chi connectivity index (χ2v) is 4.20. The molecule has 1 rings (SSSR count). The molecule has 0 aromatic rings. The van der Waals surface area contributed by atoms with Crippen LogP contribution in [-0.2, 0) is 14.3 Å². The zero-order chi connectivity index (χ0) is 12.2. The number of esters is 1. The molecule has 0 aromatic heterocycles. The van der Waals surface area contributed by atoms with Gasteiger partial charge >= 0.3 is 5.97 Å². The molecule has 0 bridgehead atoms. The number of likely N-dealkylation sites (N-methyl/N-ethyl adjacent to an activating group) is 1. The zero-order valence-electron chi connectivity index (χ0n) is 10.2. The average Bonchev–Trinajstić information content (AvgIpc) is 2.77. The van der Waals surface area contributed by atoms with Crippen LogP contribution in [0, 0.1) is 0 Å². The molecule has 0 aromatic carbocycles. The number of methoxy groups -OCH3 is 1. The molecule has 1 saturated heterocycles. The van der Waals surface area contributed by atoms with Crippen molar-refractivity contribution in [3.05, 3.63) is 0 Å². The second-order valence-electron chi connectivity index (χ2n) is 4.20. The summed E-state index contributed by atoms with van der Waals surface area (Å²) >= 11 is 0. The maximum absolute atomic E-state index is 12.2. The van der Waals surface area contributed by atoms with Crippen molar-refractivity contribution in [2.24, 2.45) is 0 Å². The summed E-state index contributed by atoms with van der Waals surface area (Å²) in [6.45, 7) is 2.87. The highest BCUT2D eigenvalue weighted by molar-refractivity contribution is 5.89. The number of hydrogen-bond acceptors (Lipinski definition) is 4. The van der Waals surface area contributed by atoms with Gasteiger partial charge < -0.3 is 15.0 Å². The van der Waals surface area contributed by atoms with E-state index in [0.717, 1.165) is 25.8 Å². The first-order valence-corrected chi connectivity index (χ1v) is 5.63. The van der Waals surface area contributed by atoms with E-state index in [1.165, 1.54) is 12.0 Å². The van der Waals surface area contributed by atoms with Gasteiger partial charge in [-0.25, -0.2) is 0 Å². The van der Waals surface area contributed by atoms with Gasteiger partial charge in [0.05, 0.1) is 12.6 Å². The van der Waals surface area contributed by atoms with Crippen molar-refractivity contribution in [3.63, 3.8) is 0 Å². The lowest BCUT2D eigenvalue weighted by atomic mass is 9.92. The van der Waals surface area contributed by atoms with Gasteiger partial charge in [0.15, 0.2) is 0 Å². The second kappa shape index (κ2) is 5.30. The molecule has 1 unspecified atom stereocenters.